The molecule has 2 aromatic carbocycles. The number of aliphatic hydroxyl groups is 2. The minimum atomic E-state index is -0.338. The second-order valence-electron chi connectivity index (χ2n) is 12.8. The lowest BCUT2D eigenvalue weighted by molar-refractivity contribution is -0.118. The number of aryl methyl sites for hydroxylation is 2. The van der Waals surface area contributed by atoms with Crippen LogP contribution in [0.1, 0.15) is 77.3 Å². The van der Waals surface area contributed by atoms with Crippen molar-refractivity contribution in [3.05, 3.63) is 82.3 Å². The van der Waals surface area contributed by atoms with Gasteiger partial charge in [-0.25, -0.2) is 0 Å². The number of benzene rings is 2. The van der Waals surface area contributed by atoms with Crippen LogP contribution in [0.25, 0.3) is 0 Å². The number of aliphatic imine (C=N–C) groups is 2. The summed E-state index contributed by atoms with van der Waals surface area (Å²) in [6.45, 7) is 11.8. The quantitative estimate of drug-likeness (QED) is 0.345. The van der Waals surface area contributed by atoms with Crippen LogP contribution in [0.15, 0.2) is 81.2 Å². The Bertz CT molecular complexity index is 1320. The van der Waals surface area contributed by atoms with Crippen LogP contribution >= 0.6 is 0 Å². The highest BCUT2D eigenvalue weighted by atomic mass is 16.3. The number of nitrogens with zero attached hydrogens (tertiary/aromatic N) is 2. The SMILES string of the molecule is Cc1ccc(N=C(CCC(=Nc2ccc(C)cc2)C2=C(O)CC(C)(C)CC2=O)C2=C(O)CC(C)(C)CC2=O)cc1. The monoisotopic (exact) mass is 540 g/mol. The molecule has 210 valence electrons. The predicted octanol–water partition coefficient (Wildman–Crippen LogP) is 8.33. The first-order valence-corrected chi connectivity index (χ1v) is 13.9. The molecule has 40 heavy (non-hydrogen) atoms. The zero-order valence-corrected chi connectivity index (χ0v) is 24.5. The van der Waals surface area contributed by atoms with Crippen molar-refractivity contribution in [2.75, 3.05) is 0 Å². The van der Waals surface area contributed by atoms with Crippen molar-refractivity contribution in [1.82, 2.24) is 0 Å². The van der Waals surface area contributed by atoms with E-state index < -0.39 is 0 Å². The number of allylic oxidation sites excluding steroid dienone is 4. The number of hydrogen-bond acceptors (Lipinski definition) is 6. The van der Waals surface area contributed by atoms with Crippen LogP contribution in [0, 0.1) is 24.7 Å². The molecule has 0 atom stereocenters. The Balaban J connectivity index is 1.79. The molecule has 0 spiro atoms. The molecule has 0 amide bonds. The summed E-state index contributed by atoms with van der Waals surface area (Å²) < 4.78 is 0. The van der Waals surface area contributed by atoms with Gasteiger partial charge in [0.15, 0.2) is 11.6 Å². The molecular weight excluding hydrogens is 500 g/mol. The van der Waals surface area contributed by atoms with Gasteiger partial charge in [-0.2, -0.15) is 0 Å². The minimum absolute atomic E-state index is 0.0432. The third-order valence-corrected chi connectivity index (χ3v) is 7.48. The van der Waals surface area contributed by atoms with E-state index in [0.29, 0.717) is 48.5 Å². The van der Waals surface area contributed by atoms with E-state index in [0.717, 1.165) is 11.1 Å². The van der Waals surface area contributed by atoms with Crippen molar-refractivity contribution in [1.29, 1.82) is 0 Å². The van der Waals surface area contributed by atoms with Crippen LogP contribution in [0.5, 0.6) is 0 Å². The summed E-state index contributed by atoms with van der Waals surface area (Å²) in [5, 5.41) is 22.1. The molecule has 2 aliphatic carbocycles. The fourth-order valence-electron chi connectivity index (χ4n) is 5.49. The van der Waals surface area contributed by atoms with Gasteiger partial charge in [-0.3, -0.25) is 19.6 Å². The number of carbonyl (C=O) groups is 2. The van der Waals surface area contributed by atoms with Gasteiger partial charge >= 0.3 is 0 Å². The molecule has 0 aliphatic heterocycles. The van der Waals surface area contributed by atoms with Crippen molar-refractivity contribution in [2.45, 2.75) is 80.1 Å². The summed E-state index contributed by atoms with van der Waals surface area (Å²) in [4.78, 5) is 36.3. The number of rotatable bonds is 7. The molecule has 2 aromatic rings. The lowest BCUT2D eigenvalue weighted by Gasteiger charge is -2.31. The maximum absolute atomic E-state index is 13.3. The molecule has 0 unspecified atom stereocenters. The van der Waals surface area contributed by atoms with Crippen LogP contribution in [0.3, 0.4) is 0 Å². The van der Waals surface area contributed by atoms with Crippen LogP contribution in [0.2, 0.25) is 0 Å². The summed E-state index contributed by atoms with van der Waals surface area (Å²) in [7, 11) is 0. The van der Waals surface area contributed by atoms with Gasteiger partial charge < -0.3 is 10.2 Å². The Morgan fingerprint density at radius 2 is 0.950 bits per heavy atom. The Kier molecular flexibility index (Phi) is 8.29. The maximum atomic E-state index is 13.3. The minimum Gasteiger partial charge on any atom is -0.511 e. The van der Waals surface area contributed by atoms with Crippen molar-refractivity contribution < 1.29 is 19.8 Å². The Morgan fingerprint density at radius 3 is 1.25 bits per heavy atom. The van der Waals surface area contributed by atoms with Gasteiger partial charge in [-0.1, -0.05) is 63.1 Å². The highest BCUT2D eigenvalue weighted by Crippen LogP contribution is 2.39. The van der Waals surface area contributed by atoms with E-state index in [1.165, 1.54) is 0 Å². The van der Waals surface area contributed by atoms with E-state index in [2.05, 4.69) is 0 Å². The average molecular weight is 541 g/mol. The van der Waals surface area contributed by atoms with Gasteiger partial charge in [-0.05, 0) is 61.8 Å². The smallest absolute Gasteiger partial charge is 0.168 e. The molecule has 2 N–H and O–H groups in total. The Labute approximate surface area is 237 Å². The molecule has 6 heteroatoms. The van der Waals surface area contributed by atoms with Crippen molar-refractivity contribution in [3.8, 4) is 0 Å². The fraction of sp³-hybridized carbons (Fsp3) is 0.412. The first kappa shape index (κ1) is 29.2. The van der Waals surface area contributed by atoms with Gasteiger partial charge in [0.25, 0.3) is 0 Å². The standard InChI is InChI=1S/C34H40N2O4/c1-21-7-11-23(12-8-21)35-25(31-27(37)17-33(3,4)18-28(31)38)15-16-26(36-24-13-9-22(2)10-14-24)32-29(39)19-34(5,6)20-30(32)40/h7-14,37,39H,15-20H2,1-6H3. The lowest BCUT2D eigenvalue weighted by Crippen LogP contribution is -2.31. The number of ketones is 2. The molecule has 0 heterocycles. The molecule has 0 radical (unpaired) electrons. The first-order chi connectivity index (χ1) is 18.7. The molecule has 0 aromatic heterocycles. The average Bonchev–Trinajstić information content (AvgIpc) is 2.82. The first-order valence-electron chi connectivity index (χ1n) is 13.9. The third-order valence-electron chi connectivity index (χ3n) is 7.48. The molecule has 0 saturated carbocycles. The van der Waals surface area contributed by atoms with E-state index in [-0.39, 0.29) is 57.9 Å². The summed E-state index contributed by atoms with van der Waals surface area (Å²) in [5.41, 5.74) is 4.28. The number of carbonyl (C=O) groups excluding carboxylic acids is 2. The van der Waals surface area contributed by atoms with Crippen molar-refractivity contribution in [3.63, 3.8) is 0 Å². The second kappa shape index (κ2) is 11.4. The van der Waals surface area contributed by atoms with Crippen LogP contribution in [0.4, 0.5) is 11.4 Å². The summed E-state index contributed by atoms with van der Waals surface area (Å²) in [5.74, 6) is -0.202. The zero-order valence-electron chi connectivity index (χ0n) is 24.5. The van der Waals surface area contributed by atoms with Gasteiger partial charge in [0.1, 0.15) is 11.5 Å². The summed E-state index contributed by atoms with van der Waals surface area (Å²) in [6.07, 6.45) is 1.90. The summed E-state index contributed by atoms with van der Waals surface area (Å²) >= 11 is 0. The molecule has 0 saturated heterocycles. The van der Waals surface area contributed by atoms with E-state index in [1.807, 2.05) is 90.1 Å². The number of Topliss-reactive ketones (excluding diaryl/α,β-unsaturated/α-hetero) is 2. The molecule has 2 aliphatic rings. The van der Waals surface area contributed by atoms with Crippen LogP contribution in [-0.4, -0.2) is 33.2 Å². The molecule has 4 rings (SSSR count). The van der Waals surface area contributed by atoms with Gasteiger partial charge in [0.05, 0.1) is 33.9 Å². The second-order valence-corrected chi connectivity index (χ2v) is 12.8. The summed E-state index contributed by atoms with van der Waals surface area (Å²) in [6, 6.07) is 15.3. The Morgan fingerprint density at radius 1 is 0.625 bits per heavy atom. The molecular formula is C34H40N2O4. The molecule has 0 bridgehead atoms. The van der Waals surface area contributed by atoms with Gasteiger partial charge in [-0.15, -0.1) is 0 Å². The van der Waals surface area contributed by atoms with E-state index in [9.17, 15) is 19.8 Å². The van der Waals surface area contributed by atoms with E-state index in [4.69, 9.17) is 9.98 Å². The van der Waals surface area contributed by atoms with Crippen LogP contribution < -0.4 is 0 Å². The van der Waals surface area contributed by atoms with Gasteiger partial charge in [0, 0.05) is 25.7 Å². The highest BCUT2D eigenvalue weighted by Gasteiger charge is 2.37. The van der Waals surface area contributed by atoms with Crippen molar-refractivity contribution in [2.24, 2.45) is 20.8 Å². The van der Waals surface area contributed by atoms with E-state index in [1.54, 1.807) is 0 Å². The lowest BCUT2D eigenvalue weighted by atomic mass is 9.74. The highest BCUT2D eigenvalue weighted by molar-refractivity contribution is 6.27. The predicted molar refractivity (Wildman–Crippen MR) is 161 cm³/mol. The third kappa shape index (κ3) is 7.04. The fourth-order valence-corrected chi connectivity index (χ4v) is 5.49. The number of aliphatic hydroxyl groups excluding tert-OH is 2. The number of hydrogen-bond donors (Lipinski definition) is 2. The maximum Gasteiger partial charge on any atom is 0.168 e. The molecule has 6 nitrogen and oxygen atoms in total. The largest absolute Gasteiger partial charge is 0.511 e. The molecule has 0 fully saturated rings. The van der Waals surface area contributed by atoms with Crippen molar-refractivity contribution >= 4 is 34.4 Å². The normalized spacial score (nSPS) is 19.9. The topological polar surface area (TPSA) is 99.3 Å². The van der Waals surface area contributed by atoms with Crippen LogP contribution in [-0.2, 0) is 9.59 Å². The zero-order chi connectivity index (χ0) is 29.2. The van der Waals surface area contributed by atoms with Gasteiger partial charge in [0.2, 0.25) is 0 Å². The van der Waals surface area contributed by atoms with E-state index >= 15 is 0 Å². The Hall–Kier alpha value is -3.80.